The maximum atomic E-state index is 14.0. The molecular weight excluding hydrogens is 529 g/mol. The van der Waals surface area contributed by atoms with Crippen LogP contribution < -0.4 is 5.32 Å². The number of halogens is 3. The number of rotatable bonds is 8. The van der Waals surface area contributed by atoms with Crippen LogP contribution in [0.4, 0.5) is 13.2 Å². The van der Waals surface area contributed by atoms with Crippen molar-refractivity contribution in [3.8, 4) is 34.3 Å². The molecule has 2 atom stereocenters. The van der Waals surface area contributed by atoms with E-state index in [9.17, 15) is 27.9 Å². The molecule has 0 fully saturated rings. The van der Waals surface area contributed by atoms with Gasteiger partial charge in [0.05, 0.1) is 0 Å². The number of ketones is 1. The van der Waals surface area contributed by atoms with Gasteiger partial charge in [0.1, 0.15) is 17.4 Å². The first-order chi connectivity index (χ1) is 18.8. The first kappa shape index (κ1) is 28.7. The number of hydrogen-bond donors (Lipinski definition) is 2. The van der Waals surface area contributed by atoms with Gasteiger partial charge in [0.15, 0.2) is 5.78 Å². The fraction of sp³-hybridized carbons (Fsp3) is 0.321. The number of aliphatic hydroxyl groups excluding tert-OH is 1. The molecule has 0 aliphatic carbocycles. The van der Waals surface area contributed by atoms with Crippen molar-refractivity contribution in [3.63, 3.8) is 0 Å². The molecule has 210 valence electrons. The summed E-state index contributed by atoms with van der Waals surface area (Å²) in [4.78, 5) is 29.1. The molecule has 1 unspecified atom stereocenters. The van der Waals surface area contributed by atoms with Gasteiger partial charge in [0.2, 0.25) is 17.5 Å². The van der Waals surface area contributed by atoms with Crippen molar-refractivity contribution in [2.75, 3.05) is 7.05 Å². The second-order valence-corrected chi connectivity index (χ2v) is 10.3. The van der Waals surface area contributed by atoms with Crippen LogP contribution in [0.15, 0.2) is 63.6 Å². The van der Waals surface area contributed by atoms with E-state index in [1.54, 1.807) is 18.2 Å². The summed E-state index contributed by atoms with van der Waals surface area (Å²) in [7, 11) is 1.48. The summed E-state index contributed by atoms with van der Waals surface area (Å²) in [6.07, 6.45) is -6.46. The molecule has 12 heteroatoms. The third kappa shape index (κ3) is 5.96. The number of hydrogen-bond acceptors (Lipinski definition) is 8. The number of aliphatic hydroxyl groups is 1. The summed E-state index contributed by atoms with van der Waals surface area (Å²) in [5, 5.41) is 20.5. The standard InChI is InChI=1S/C28H27F3N4O5/c1-27(2,3)18(25(38)32-4)14-19(36)22(37)16-10-12-17(13-11-16)24-33-26(40-35-24)23-20(28(29,30)31)21(34-39-23)15-8-6-5-7-9-15/h5-13,18,22,37H,14H2,1-4H3,(H,32,38)/t18-,22?/m1/s1. The van der Waals surface area contributed by atoms with E-state index >= 15 is 0 Å². The number of carbonyl (C=O) groups excluding carboxylic acids is 2. The SMILES string of the molecule is CNC(=O)[C@@H](CC(=O)C(O)c1ccc(-c2noc(-c3onc(-c4ccccc4)c3C(F)(F)F)n2)cc1)C(C)(C)C. The van der Waals surface area contributed by atoms with Gasteiger partial charge in [-0.25, -0.2) is 0 Å². The van der Waals surface area contributed by atoms with Gasteiger partial charge < -0.3 is 19.5 Å². The average Bonchev–Trinajstić information content (AvgIpc) is 3.58. The van der Waals surface area contributed by atoms with E-state index < -0.39 is 52.3 Å². The van der Waals surface area contributed by atoms with Gasteiger partial charge in [-0.3, -0.25) is 9.59 Å². The first-order valence-electron chi connectivity index (χ1n) is 12.3. The third-order valence-corrected chi connectivity index (χ3v) is 6.45. The molecular formula is C28H27F3N4O5. The second kappa shape index (κ2) is 11.0. The van der Waals surface area contributed by atoms with Crippen LogP contribution in [0, 0.1) is 11.3 Å². The number of nitrogens with zero attached hydrogens (tertiary/aromatic N) is 3. The molecule has 9 nitrogen and oxygen atoms in total. The fourth-order valence-electron chi connectivity index (χ4n) is 4.20. The maximum Gasteiger partial charge on any atom is 0.422 e. The molecule has 0 aliphatic heterocycles. The zero-order valence-corrected chi connectivity index (χ0v) is 22.1. The Morgan fingerprint density at radius 3 is 2.17 bits per heavy atom. The van der Waals surface area contributed by atoms with Gasteiger partial charge in [-0.2, -0.15) is 18.2 Å². The lowest BCUT2D eigenvalue weighted by atomic mass is 9.76. The summed E-state index contributed by atoms with van der Waals surface area (Å²) in [6.45, 7) is 5.50. The highest BCUT2D eigenvalue weighted by molar-refractivity contribution is 5.90. The highest BCUT2D eigenvalue weighted by atomic mass is 19.4. The molecule has 2 N–H and O–H groups in total. The molecule has 2 heterocycles. The predicted octanol–water partition coefficient (Wildman–Crippen LogP) is 5.48. The quantitative estimate of drug-likeness (QED) is 0.292. The van der Waals surface area contributed by atoms with Crippen molar-refractivity contribution in [3.05, 3.63) is 65.7 Å². The van der Waals surface area contributed by atoms with Crippen molar-refractivity contribution in [1.29, 1.82) is 0 Å². The summed E-state index contributed by atoms with van der Waals surface area (Å²) in [6, 6.07) is 13.7. The van der Waals surface area contributed by atoms with Crippen LogP contribution in [-0.4, -0.2) is 39.1 Å². The number of Topliss-reactive ketones (excluding diaryl/α,β-unsaturated/α-hetero) is 1. The zero-order chi connectivity index (χ0) is 29.2. The molecule has 40 heavy (non-hydrogen) atoms. The van der Waals surface area contributed by atoms with Crippen LogP contribution in [0.3, 0.4) is 0 Å². The highest BCUT2D eigenvalue weighted by Gasteiger charge is 2.43. The minimum absolute atomic E-state index is 0.0411. The molecule has 4 aromatic rings. The van der Waals surface area contributed by atoms with Gasteiger partial charge >= 0.3 is 6.18 Å². The Kier molecular flexibility index (Phi) is 7.92. The minimum atomic E-state index is -4.82. The average molecular weight is 557 g/mol. The van der Waals surface area contributed by atoms with Crippen molar-refractivity contribution < 1.29 is 36.9 Å². The van der Waals surface area contributed by atoms with Crippen LogP contribution in [0.25, 0.3) is 34.3 Å². The Morgan fingerprint density at radius 1 is 0.950 bits per heavy atom. The number of amides is 1. The molecule has 1 amide bonds. The molecule has 2 aromatic heterocycles. The normalized spacial score (nSPS) is 13.6. The van der Waals surface area contributed by atoms with E-state index in [0.717, 1.165) is 0 Å². The third-order valence-electron chi connectivity index (χ3n) is 6.45. The van der Waals surface area contributed by atoms with E-state index in [-0.39, 0.29) is 29.3 Å². The Morgan fingerprint density at radius 2 is 1.60 bits per heavy atom. The van der Waals surface area contributed by atoms with Gasteiger partial charge in [-0.15, -0.1) is 0 Å². The predicted molar refractivity (Wildman–Crippen MR) is 137 cm³/mol. The zero-order valence-electron chi connectivity index (χ0n) is 22.1. The van der Waals surface area contributed by atoms with Gasteiger partial charge in [0.25, 0.3) is 5.89 Å². The van der Waals surface area contributed by atoms with Crippen molar-refractivity contribution in [1.82, 2.24) is 20.6 Å². The number of benzene rings is 2. The van der Waals surface area contributed by atoms with Crippen molar-refractivity contribution in [2.24, 2.45) is 11.3 Å². The minimum Gasteiger partial charge on any atom is -0.381 e. The van der Waals surface area contributed by atoms with Crippen LogP contribution in [0.2, 0.25) is 0 Å². The van der Waals surface area contributed by atoms with Crippen molar-refractivity contribution in [2.45, 2.75) is 39.5 Å². The molecule has 2 aromatic carbocycles. The van der Waals surface area contributed by atoms with Crippen LogP contribution in [-0.2, 0) is 15.8 Å². The van der Waals surface area contributed by atoms with E-state index in [0.29, 0.717) is 5.56 Å². The number of carbonyl (C=O) groups is 2. The van der Waals surface area contributed by atoms with E-state index in [1.165, 1.54) is 43.4 Å². The Hall–Kier alpha value is -4.32. The monoisotopic (exact) mass is 556 g/mol. The Bertz CT molecular complexity index is 1490. The van der Waals surface area contributed by atoms with Crippen LogP contribution in [0.5, 0.6) is 0 Å². The smallest absolute Gasteiger partial charge is 0.381 e. The lowest BCUT2D eigenvalue weighted by Gasteiger charge is -2.29. The van der Waals surface area contributed by atoms with Crippen LogP contribution >= 0.6 is 0 Å². The molecule has 0 aliphatic rings. The van der Waals surface area contributed by atoms with E-state index in [4.69, 9.17) is 9.05 Å². The molecule has 0 saturated heterocycles. The Balaban J connectivity index is 1.56. The van der Waals surface area contributed by atoms with E-state index in [1.807, 2.05) is 20.8 Å². The van der Waals surface area contributed by atoms with Crippen LogP contribution in [0.1, 0.15) is 44.4 Å². The molecule has 0 saturated carbocycles. The van der Waals surface area contributed by atoms with Gasteiger partial charge in [-0.05, 0) is 11.0 Å². The van der Waals surface area contributed by atoms with E-state index in [2.05, 4.69) is 20.6 Å². The highest BCUT2D eigenvalue weighted by Crippen LogP contribution is 2.43. The Labute approximate surface area is 227 Å². The number of aromatic nitrogens is 3. The molecule has 0 spiro atoms. The number of nitrogens with one attached hydrogen (secondary N) is 1. The van der Waals surface area contributed by atoms with Gasteiger partial charge in [0, 0.05) is 30.5 Å². The topological polar surface area (TPSA) is 131 Å². The summed E-state index contributed by atoms with van der Waals surface area (Å²) in [5.41, 5.74) is -1.23. The fourth-order valence-corrected chi connectivity index (χ4v) is 4.20. The summed E-state index contributed by atoms with van der Waals surface area (Å²) in [5.74, 6) is -2.74. The largest absolute Gasteiger partial charge is 0.422 e. The maximum absolute atomic E-state index is 14.0. The second-order valence-electron chi connectivity index (χ2n) is 10.3. The molecule has 4 rings (SSSR count). The summed E-state index contributed by atoms with van der Waals surface area (Å²) >= 11 is 0. The van der Waals surface area contributed by atoms with Crippen molar-refractivity contribution >= 4 is 11.7 Å². The number of alkyl halides is 3. The lowest BCUT2D eigenvalue weighted by molar-refractivity contribution is -0.137. The molecule has 0 bridgehead atoms. The lowest BCUT2D eigenvalue weighted by Crippen LogP contribution is -2.38. The van der Waals surface area contributed by atoms with Gasteiger partial charge in [-0.1, -0.05) is 85.7 Å². The first-order valence-corrected chi connectivity index (χ1v) is 12.3. The molecule has 0 radical (unpaired) electrons. The summed E-state index contributed by atoms with van der Waals surface area (Å²) < 4.78 is 52.0.